The van der Waals surface area contributed by atoms with Crippen LogP contribution in [0.3, 0.4) is 0 Å². The largest absolute Gasteiger partial charge is 0.478 e. The number of imidazole rings is 3. The Hall–Kier alpha value is -8.56. The first-order valence-electron chi connectivity index (χ1n) is 30.8. The van der Waals surface area contributed by atoms with E-state index in [1.165, 1.54) is 25.8 Å². The summed E-state index contributed by atoms with van der Waals surface area (Å²) < 4.78 is 11.3. The molecule has 506 valence electrons. The van der Waals surface area contributed by atoms with E-state index in [0.717, 1.165) is 12.2 Å². The molecule has 0 spiro atoms. The summed E-state index contributed by atoms with van der Waals surface area (Å²) in [5, 5.41) is 21.7. The molecule has 6 heterocycles. The summed E-state index contributed by atoms with van der Waals surface area (Å²) in [5.74, 6) is -2.30. The van der Waals surface area contributed by atoms with Crippen LogP contribution in [0.2, 0.25) is 15.1 Å². The Morgan fingerprint density at radius 2 is 0.742 bits per heavy atom. The van der Waals surface area contributed by atoms with Gasteiger partial charge in [0.05, 0.1) is 67.9 Å². The number of nitrogens with one attached hydrogen (secondary N) is 4. The lowest BCUT2D eigenvalue weighted by molar-refractivity contribution is 0.0691. The second-order valence-corrected chi connectivity index (χ2v) is 27.2. The van der Waals surface area contributed by atoms with Crippen molar-refractivity contribution in [1.82, 2.24) is 58.5 Å². The van der Waals surface area contributed by atoms with Gasteiger partial charge in [0.2, 0.25) is 0 Å². The molecule has 0 aliphatic carbocycles. The number of aromatic carboxylic acids is 1. The lowest BCUT2D eigenvalue weighted by Gasteiger charge is -2.28. The number of aromatic nitrogens is 6. The number of amides is 5. The van der Waals surface area contributed by atoms with Gasteiger partial charge in [0.25, 0.3) is 29.5 Å². The summed E-state index contributed by atoms with van der Waals surface area (Å²) in [7, 11) is 0. The molecule has 0 fully saturated rings. The van der Waals surface area contributed by atoms with Crippen LogP contribution in [0.1, 0.15) is 121 Å². The van der Waals surface area contributed by atoms with Crippen molar-refractivity contribution in [2.45, 2.75) is 98.9 Å². The Morgan fingerprint density at radius 3 is 1.06 bits per heavy atom. The number of benzene rings is 6. The van der Waals surface area contributed by atoms with Gasteiger partial charge < -0.3 is 36.2 Å². The number of fused-ring (bicyclic) bond motifs is 3. The molecule has 3 aliphatic rings. The van der Waals surface area contributed by atoms with Gasteiger partial charge in [-0.15, -0.1) is 0 Å². The maximum absolute atomic E-state index is 13.3. The fourth-order valence-corrected chi connectivity index (χ4v) is 12.3. The average Bonchev–Trinajstić information content (AvgIpc) is 1.63. The molecule has 0 radical (unpaired) electrons. The van der Waals surface area contributed by atoms with Gasteiger partial charge in [0, 0.05) is 88.5 Å². The number of carboxylic acid groups (broad SMARTS) is 1. The number of para-hydroxylation sites is 3. The van der Waals surface area contributed by atoms with Gasteiger partial charge in [-0.25, -0.2) is 19.2 Å². The number of carboxylic acids is 1. The lowest BCUT2D eigenvalue weighted by atomic mass is 10.1. The molecular formula is C69H68Br3Cl3N12O10. The SMILES string of the molecule is CC(C)NC(=O)c1c2n(c(=O)n1-c1ccccc1)CCN(C(=O)c1ccc(Br)c(Cl)c1)C2.CC(C)NC(=O)c1c2n(c(=O)n1-c1ccccc1)CCN(C(=O)c1ccc(Br)c(Cl)c1)C2.CC(C)NC(=O)c1c2n(c(=O)n1-c1ccccc1)CCNC2.O=C(O)c1ccc(Br)c(Cl)c1. The predicted octanol–water partition coefficient (Wildman–Crippen LogP) is 11.4. The van der Waals surface area contributed by atoms with Gasteiger partial charge in [-0.2, -0.15) is 0 Å². The van der Waals surface area contributed by atoms with Gasteiger partial charge in [0.1, 0.15) is 17.1 Å². The molecule has 28 heteroatoms. The Bertz CT molecular complexity index is 4450. The van der Waals surface area contributed by atoms with Crippen LogP contribution in [0.5, 0.6) is 0 Å². The molecule has 5 N–H and O–H groups in total. The first-order chi connectivity index (χ1) is 46.2. The number of carbonyl (C=O) groups is 6. The maximum atomic E-state index is 13.3. The van der Waals surface area contributed by atoms with E-state index in [0.29, 0.717) is 113 Å². The molecule has 6 aromatic carbocycles. The second-order valence-electron chi connectivity index (χ2n) is 23.4. The summed E-state index contributed by atoms with van der Waals surface area (Å²) in [6.07, 6.45) is 0. The highest BCUT2D eigenvalue weighted by molar-refractivity contribution is 9.11. The van der Waals surface area contributed by atoms with E-state index in [1.54, 1.807) is 90.2 Å². The van der Waals surface area contributed by atoms with E-state index in [2.05, 4.69) is 69.1 Å². The summed E-state index contributed by atoms with van der Waals surface area (Å²) in [6, 6.07) is 41.7. The zero-order chi connectivity index (χ0) is 70.1. The van der Waals surface area contributed by atoms with Crippen molar-refractivity contribution in [1.29, 1.82) is 0 Å². The molecule has 0 atom stereocenters. The zero-order valence-corrected chi connectivity index (χ0v) is 60.4. The monoisotopic (exact) mass is 1570 g/mol. The van der Waals surface area contributed by atoms with Crippen LogP contribution in [-0.2, 0) is 39.3 Å². The van der Waals surface area contributed by atoms with E-state index in [-0.39, 0.29) is 94.8 Å². The van der Waals surface area contributed by atoms with Crippen molar-refractivity contribution in [2.24, 2.45) is 0 Å². The molecule has 97 heavy (non-hydrogen) atoms. The van der Waals surface area contributed by atoms with Gasteiger partial charge in [-0.3, -0.25) is 51.4 Å². The van der Waals surface area contributed by atoms with Crippen molar-refractivity contribution in [2.75, 3.05) is 19.6 Å². The average molecular weight is 1570 g/mol. The summed E-state index contributed by atoms with van der Waals surface area (Å²) in [5.41, 5.74) is 4.97. The first kappa shape index (κ1) is 72.7. The lowest BCUT2D eigenvalue weighted by Crippen LogP contribution is -2.41. The third-order valence-corrected chi connectivity index (χ3v) is 19.1. The maximum Gasteiger partial charge on any atom is 0.335 e. The molecule has 0 unspecified atom stereocenters. The highest BCUT2D eigenvalue weighted by Gasteiger charge is 2.35. The van der Waals surface area contributed by atoms with Crippen LogP contribution in [-0.4, -0.2) is 116 Å². The van der Waals surface area contributed by atoms with E-state index in [9.17, 15) is 43.2 Å². The minimum absolute atomic E-state index is 0.0129. The minimum atomic E-state index is -0.973. The van der Waals surface area contributed by atoms with E-state index < -0.39 is 5.97 Å². The standard InChI is InChI=1S/2C23H22BrClN4O3.C16H20N4O2.C7H4BrClO2/c2*1-14(2)26-21(30)20-19-13-27(22(31)15-8-9-17(24)18(25)12-15)10-11-28(19)23(32)29(20)16-6-4-3-5-7-16;1-11(2)18-15(21)14-13-10-17-8-9-19(13)16(22)20(14)12-6-4-3-5-7-12;8-5-2-1-4(7(10)11)3-6(5)9/h2*3-9,12,14H,10-11,13H2,1-2H3,(H,26,30);3-7,11,17H,8-10H2,1-2H3,(H,18,21);1-3H,(H,10,11). The molecule has 3 aliphatic heterocycles. The van der Waals surface area contributed by atoms with Crippen molar-refractivity contribution in [3.8, 4) is 17.1 Å². The molecule has 5 amide bonds. The number of hydrogen-bond acceptors (Lipinski definition) is 10. The predicted molar refractivity (Wildman–Crippen MR) is 383 cm³/mol. The van der Waals surface area contributed by atoms with Crippen LogP contribution < -0.4 is 38.3 Å². The molecule has 22 nitrogen and oxygen atoms in total. The molecule has 0 saturated carbocycles. The molecule has 3 aromatic heterocycles. The van der Waals surface area contributed by atoms with Crippen molar-refractivity contribution in [3.63, 3.8) is 0 Å². The molecule has 12 rings (SSSR count). The smallest absolute Gasteiger partial charge is 0.335 e. The van der Waals surface area contributed by atoms with Crippen LogP contribution in [0, 0.1) is 0 Å². The van der Waals surface area contributed by atoms with Crippen molar-refractivity contribution in [3.05, 3.63) is 256 Å². The Kier molecular flexibility index (Phi) is 24.1. The number of carbonyl (C=O) groups excluding carboxylic acids is 5. The fourth-order valence-electron chi connectivity index (χ4n) is 11.1. The number of rotatable bonds is 12. The van der Waals surface area contributed by atoms with Crippen LogP contribution in [0.15, 0.2) is 173 Å². The Labute approximate surface area is 598 Å². The zero-order valence-electron chi connectivity index (χ0n) is 53.4. The van der Waals surface area contributed by atoms with Gasteiger partial charge in [0.15, 0.2) is 0 Å². The minimum Gasteiger partial charge on any atom is -0.478 e. The fraction of sp³-hybridized carbons (Fsp3) is 0.261. The molecule has 0 bridgehead atoms. The quantitative estimate of drug-likeness (QED) is 0.0768. The molecule has 9 aromatic rings. The molecular weight excluding hydrogens is 1500 g/mol. The van der Waals surface area contributed by atoms with Crippen molar-refractivity contribution >= 4 is 118 Å². The van der Waals surface area contributed by atoms with E-state index in [1.807, 2.05) is 108 Å². The van der Waals surface area contributed by atoms with Gasteiger partial charge in [-0.1, -0.05) is 89.4 Å². The topological polar surface area (TPSA) is 258 Å². The third-order valence-electron chi connectivity index (χ3n) is 15.4. The highest BCUT2D eigenvalue weighted by Crippen LogP contribution is 2.29. The van der Waals surface area contributed by atoms with Crippen LogP contribution in [0.4, 0.5) is 0 Å². The first-order valence-corrected chi connectivity index (χ1v) is 34.3. The second kappa shape index (κ2) is 32.2. The summed E-state index contributed by atoms with van der Waals surface area (Å²) >= 11 is 27.8. The van der Waals surface area contributed by atoms with E-state index in [4.69, 9.17) is 39.9 Å². The van der Waals surface area contributed by atoms with Gasteiger partial charge in [-0.05, 0) is 180 Å². The normalized spacial score (nSPS) is 13.0. The van der Waals surface area contributed by atoms with Gasteiger partial charge >= 0.3 is 23.0 Å². The van der Waals surface area contributed by atoms with Crippen LogP contribution in [0.25, 0.3) is 17.1 Å². The number of halogens is 6. The summed E-state index contributed by atoms with van der Waals surface area (Å²) in [4.78, 5) is 118. The molecule has 0 saturated heterocycles. The summed E-state index contributed by atoms with van der Waals surface area (Å²) in [6.45, 7) is 14.7. The number of hydrogen-bond donors (Lipinski definition) is 5. The number of nitrogens with zero attached hydrogens (tertiary/aromatic N) is 8. The van der Waals surface area contributed by atoms with Crippen molar-refractivity contribution < 1.29 is 33.9 Å². The Balaban J connectivity index is 0.000000160. The van der Waals surface area contributed by atoms with Crippen LogP contribution >= 0.6 is 82.6 Å². The van der Waals surface area contributed by atoms with E-state index >= 15 is 0 Å². The highest BCUT2D eigenvalue weighted by atomic mass is 79.9. The Morgan fingerprint density at radius 1 is 0.433 bits per heavy atom. The third kappa shape index (κ3) is 16.7.